The Morgan fingerprint density at radius 1 is 1.27 bits per heavy atom. The summed E-state index contributed by atoms with van der Waals surface area (Å²) in [6, 6.07) is 0. The summed E-state index contributed by atoms with van der Waals surface area (Å²) in [5, 5.41) is 0.0509. The van der Waals surface area contributed by atoms with Gasteiger partial charge in [0.05, 0.1) is 5.00 Å². The van der Waals surface area contributed by atoms with Gasteiger partial charge in [0.1, 0.15) is 0 Å². The van der Waals surface area contributed by atoms with Crippen LogP contribution < -0.4 is 0 Å². The summed E-state index contributed by atoms with van der Waals surface area (Å²) in [5.74, 6) is 0.600. The van der Waals surface area contributed by atoms with E-state index in [9.17, 15) is 0 Å². The van der Waals surface area contributed by atoms with Crippen molar-refractivity contribution in [2.24, 2.45) is 5.92 Å². The van der Waals surface area contributed by atoms with Crippen LogP contribution >= 0.6 is 11.6 Å². The maximum Gasteiger partial charge on any atom is 0.403 e. The Morgan fingerprint density at radius 3 is 2.00 bits per heavy atom. The minimum absolute atomic E-state index is 0.0509. The first kappa shape index (κ1) is 11.4. The third-order valence-corrected chi connectivity index (χ3v) is 3.60. The van der Waals surface area contributed by atoms with Crippen LogP contribution in [0.2, 0.25) is 0 Å². The molecule has 0 aromatic rings. The molecule has 0 amide bonds. The lowest BCUT2D eigenvalue weighted by atomic mass is 10.2. The van der Waals surface area contributed by atoms with E-state index in [1.165, 1.54) is 0 Å². The molecular weight excluding hydrogens is 180 g/mol. The zero-order valence-electron chi connectivity index (χ0n) is 7.56. The van der Waals surface area contributed by atoms with Gasteiger partial charge in [-0.2, -0.15) is 0 Å². The van der Waals surface area contributed by atoms with Crippen LogP contribution in [-0.2, 0) is 8.85 Å². The molecule has 0 saturated heterocycles. The SMILES string of the molecule is CO[Si](OC)C(Cl)CC(C)C. The van der Waals surface area contributed by atoms with Crippen molar-refractivity contribution in [3.63, 3.8) is 0 Å². The second-order valence-electron chi connectivity index (χ2n) is 2.82. The van der Waals surface area contributed by atoms with Crippen molar-refractivity contribution in [3.05, 3.63) is 0 Å². The molecule has 1 unspecified atom stereocenters. The average molecular weight is 196 g/mol. The molecule has 0 fully saturated rings. The van der Waals surface area contributed by atoms with Gasteiger partial charge in [-0.3, -0.25) is 0 Å². The molecule has 1 atom stereocenters. The molecule has 0 rings (SSSR count). The van der Waals surface area contributed by atoms with Crippen molar-refractivity contribution in [1.82, 2.24) is 0 Å². The number of rotatable bonds is 5. The molecule has 0 bridgehead atoms. The molecule has 1 radical (unpaired) electrons. The van der Waals surface area contributed by atoms with E-state index in [0.29, 0.717) is 5.92 Å². The third kappa shape index (κ3) is 4.79. The fraction of sp³-hybridized carbons (Fsp3) is 1.00. The monoisotopic (exact) mass is 195 g/mol. The van der Waals surface area contributed by atoms with Crippen LogP contribution in [-0.4, -0.2) is 28.5 Å². The summed E-state index contributed by atoms with van der Waals surface area (Å²) in [6.07, 6.45) is 0.956. The average Bonchev–Trinajstić information content (AvgIpc) is 1.88. The van der Waals surface area contributed by atoms with Gasteiger partial charge in [0.2, 0.25) is 0 Å². The van der Waals surface area contributed by atoms with E-state index < -0.39 is 9.28 Å². The molecule has 11 heavy (non-hydrogen) atoms. The highest BCUT2D eigenvalue weighted by Gasteiger charge is 2.24. The molecule has 0 heterocycles. The standard InChI is InChI=1S/C7H16ClO2Si/c1-6(2)5-7(8)11(9-3)10-4/h6-7H,5H2,1-4H3. The van der Waals surface area contributed by atoms with Crippen molar-refractivity contribution in [1.29, 1.82) is 0 Å². The molecule has 0 spiro atoms. The van der Waals surface area contributed by atoms with Gasteiger partial charge in [0.15, 0.2) is 0 Å². The summed E-state index contributed by atoms with van der Waals surface area (Å²) in [7, 11) is 2.06. The highest BCUT2D eigenvalue weighted by atomic mass is 35.5. The van der Waals surface area contributed by atoms with Crippen molar-refractivity contribution in [2.75, 3.05) is 14.2 Å². The zero-order chi connectivity index (χ0) is 8.85. The van der Waals surface area contributed by atoms with Gasteiger partial charge in [-0.15, -0.1) is 11.6 Å². The normalized spacial score (nSPS) is 14.5. The maximum atomic E-state index is 6.04. The Labute approximate surface area is 75.7 Å². The predicted octanol–water partition coefficient (Wildman–Crippen LogP) is 1.96. The van der Waals surface area contributed by atoms with Crippen LogP contribution in [0.25, 0.3) is 0 Å². The van der Waals surface area contributed by atoms with Gasteiger partial charge < -0.3 is 8.85 Å². The summed E-state index contributed by atoms with van der Waals surface area (Å²) < 4.78 is 10.2. The predicted molar refractivity (Wildman–Crippen MR) is 48.9 cm³/mol. The van der Waals surface area contributed by atoms with Gasteiger partial charge in [-0.1, -0.05) is 13.8 Å². The molecule has 0 aromatic carbocycles. The molecule has 67 valence electrons. The Bertz CT molecular complexity index is 96.4. The first-order valence-corrected chi connectivity index (χ1v) is 5.53. The summed E-state index contributed by atoms with van der Waals surface area (Å²) in [4.78, 5) is 0. The van der Waals surface area contributed by atoms with Crippen LogP contribution in [0.15, 0.2) is 0 Å². The smallest absolute Gasteiger partial charge is 0.396 e. The first-order chi connectivity index (χ1) is 5.11. The zero-order valence-corrected chi connectivity index (χ0v) is 9.31. The molecule has 4 heteroatoms. The van der Waals surface area contributed by atoms with Crippen LogP contribution in [0.4, 0.5) is 0 Å². The van der Waals surface area contributed by atoms with Crippen molar-refractivity contribution in [3.8, 4) is 0 Å². The quantitative estimate of drug-likeness (QED) is 0.493. The lowest BCUT2D eigenvalue weighted by Gasteiger charge is -2.16. The van der Waals surface area contributed by atoms with E-state index in [0.717, 1.165) is 6.42 Å². The van der Waals surface area contributed by atoms with E-state index in [1.807, 2.05) is 0 Å². The number of hydrogen-bond donors (Lipinski definition) is 0. The van der Waals surface area contributed by atoms with Crippen LogP contribution in [0, 0.1) is 5.92 Å². The largest absolute Gasteiger partial charge is 0.403 e. The summed E-state index contributed by atoms with van der Waals surface area (Å²) in [5.41, 5.74) is 0. The van der Waals surface area contributed by atoms with E-state index in [1.54, 1.807) is 14.2 Å². The van der Waals surface area contributed by atoms with Crippen LogP contribution in [0.1, 0.15) is 20.3 Å². The van der Waals surface area contributed by atoms with Crippen molar-refractivity contribution >= 4 is 20.9 Å². The number of halogens is 1. The Hall–Kier alpha value is 0.427. The summed E-state index contributed by atoms with van der Waals surface area (Å²) >= 11 is 6.04. The maximum absolute atomic E-state index is 6.04. The van der Waals surface area contributed by atoms with Gasteiger partial charge in [0.25, 0.3) is 0 Å². The van der Waals surface area contributed by atoms with Gasteiger partial charge >= 0.3 is 9.28 Å². The Balaban J connectivity index is 3.68. The first-order valence-electron chi connectivity index (χ1n) is 3.70. The van der Waals surface area contributed by atoms with E-state index in [-0.39, 0.29) is 5.00 Å². The lowest BCUT2D eigenvalue weighted by molar-refractivity contribution is 0.271. The van der Waals surface area contributed by atoms with E-state index >= 15 is 0 Å². The lowest BCUT2D eigenvalue weighted by Crippen LogP contribution is -2.32. The van der Waals surface area contributed by atoms with Crippen LogP contribution in [0.5, 0.6) is 0 Å². The van der Waals surface area contributed by atoms with Gasteiger partial charge in [-0.25, -0.2) is 0 Å². The topological polar surface area (TPSA) is 18.5 Å². The highest BCUT2D eigenvalue weighted by Crippen LogP contribution is 2.13. The molecule has 0 aromatic heterocycles. The van der Waals surface area contributed by atoms with Crippen molar-refractivity contribution < 1.29 is 8.85 Å². The van der Waals surface area contributed by atoms with E-state index in [4.69, 9.17) is 20.5 Å². The molecule has 0 N–H and O–H groups in total. The third-order valence-electron chi connectivity index (χ3n) is 1.34. The summed E-state index contributed by atoms with van der Waals surface area (Å²) in [6.45, 7) is 4.28. The number of hydrogen-bond acceptors (Lipinski definition) is 2. The minimum Gasteiger partial charge on any atom is -0.396 e. The van der Waals surface area contributed by atoms with E-state index in [2.05, 4.69) is 13.8 Å². The Kier molecular flexibility index (Phi) is 6.23. The second-order valence-corrected chi connectivity index (χ2v) is 5.87. The molecular formula is C7H16ClO2Si. The Morgan fingerprint density at radius 2 is 1.73 bits per heavy atom. The second kappa shape index (κ2) is 6.00. The fourth-order valence-corrected chi connectivity index (χ4v) is 3.08. The van der Waals surface area contributed by atoms with Gasteiger partial charge in [0, 0.05) is 14.2 Å². The minimum atomic E-state index is -1.23. The highest BCUT2D eigenvalue weighted by molar-refractivity contribution is 6.59. The van der Waals surface area contributed by atoms with Crippen molar-refractivity contribution in [2.45, 2.75) is 25.3 Å². The molecule has 2 nitrogen and oxygen atoms in total. The van der Waals surface area contributed by atoms with Gasteiger partial charge in [-0.05, 0) is 12.3 Å². The van der Waals surface area contributed by atoms with Crippen LogP contribution in [0.3, 0.4) is 0 Å². The molecule has 0 saturated carbocycles. The fourth-order valence-electron chi connectivity index (χ4n) is 0.849. The number of alkyl halides is 1. The molecule has 0 aliphatic heterocycles. The molecule has 0 aliphatic rings. The molecule has 0 aliphatic carbocycles.